The van der Waals surface area contributed by atoms with Crippen LogP contribution in [-0.4, -0.2) is 37.2 Å². The molecule has 0 heterocycles. The minimum absolute atomic E-state index is 0.104. The third kappa shape index (κ3) is 62.4. The van der Waals surface area contributed by atoms with Crippen LogP contribution in [-0.2, 0) is 28.6 Å². The average molecular weight is 1080 g/mol. The summed E-state index contributed by atoms with van der Waals surface area (Å²) in [5.74, 6) is -0.964. The Morgan fingerprint density at radius 2 is 0.500 bits per heavy atom. The van der Waals surface area contributed by atoms with Gasteiger partial charge in [-0.25, -0.2) is 0 Å². The number of hydrogen-bond donors (Lipinski definition) is 0. The van der Waals surface area contributed by atoms with Gasteiger partial charge in [-0.2, -0.15) is 0 Å². The molecule has 442 valence electrons. The standard InChI is InChI=1S/C72H118O6/c1-4-7-10-13-16-19-22-25-28-31-32-33-34-35-36-37-38-39-40-42-44-47-50-53-56-59-62-65-71(74)77-68-69(67-76-70(73)64-61-58-55-52-49-46-43-30-27-24-21-18-15-12-9-6-3)78-72(75)66-63-60-57-54-51-48-45-41-29-26-23-20-17-14-11-8-5-2/h7,10,16,19,21,24-26,28-30,32-33,35-36,38-39,42-44,50,53,69H,4-6,8-9,11-15,17-18,20,22-23,27,31,34,37,40-41,45-49,51-52,54-68H2,1-3H3/b10-7-,19-16-,24-21-,28-25-,29-26-,33-32-,36-35-,39-38-,43-30-,44-42-,53-50-. The van der Waals surface area contributed by atoms with Gasteiger partial charge in [-0.15, -0.1) is 0 Å². The van der Waals surface area contributed by atoms with Crippen molar-refractivity contribution in [3.05, 3.63) is 134 Å². The molecule has 0 rings (SSSR count). The molecule has 0 aromatic heterocycles. The molecule has 0 aromatic rings. The van der Waals surface area contributed by atoms with Crippen LogP contribution in [0, 0.1) is 0 Å². The summed E-state index contributed by atoms with van der Waals surface area (Å²) in [6, 6.07) is 0. The van der Waals surface area contributed by atoms with E-state index < -0.39 is 6.10 Å². The Morgan fingerprint density at radius 3 is 0.833 bits per heavy atom. The minimum atomic E-state index is -0.810. The fourth-order valence-corrected chi connectivity index (χ4v) is 8.54. The minimum Gasteiger partial charge on any atom is -0.462 e. The molecular weight excluding hydrogens is 961 g/mol. The summed E-state index contributed by atoms with van der Waals surface area (Å²) in [5.41, 5.74) is 0. The zero-order chi connectivity index (χ0) is 56.4. The molecule has 0 fully saturated rings. The van der Waals surface area contributed by atoms with Crippen LogP contribution in [0.2, 0.25) is 0 Å². The third-order valence-electron chi connectivity index (χ3n) is 13.4. The van der Waals surface area contributed by atoms with E-state index in [2.05, 4.69) is 154 Å². The predicted octanol–water partition coefficient (Wildman–Crippen LogP) is 22.2. The van der Waals surface area contributed by atoms with Crippen LogP contribution in [0.25, 0.3) is 0 Å². The normalized spacial score (nSPS) is 13.0. The van der Waals surface area contributed by atoms with E-state index in [0.29, 0.717) is 25.7 Å². The predicted molar refractivity (Wildman–Crippen MR) is 339 cm³/mol. The lowest BCUT2D eigenvalue weighted by atomic mass is 10.1. The molecular formula is C72H118O6. The van der Waals surface area contributed by atoms with Gasteiger partial charge in [0.1, 0.15) is 13.2 Å². The lowest BCUT2D eigenvalue weighted by Crippen LogP contribution is -2.30. The maximum Gasteiger partial charge on any atom is 0.306 e. The van der Waals surface area contributed by atoms with Crippen molar-refractivity contribution in [3.8, 4) is 0 Å². The van der Waals surface area contributed by atoms with E-state index in [1.165, 1.54) is 109 Å². The molecule has 1 unspecified atom stereocenters. The number of esters is 3. The van der Waals surface area contributed by atoms with Crippen LogP contribution in [0.15, 0.2) is 134 Å². The van der Waals surface area contributed by atoms with Gasteiger partial charge in [0.15, 0.2) is 6.10 Å². The molecule has 0 bridgehead atoms. The van der Waals surface area contributed by atoms with E-state index in [0.717, 1.165) is 128 Å². The van der Waals surface area contributed by atoms with Crippen LogP contribution in [0.5, 0.6) is 0 Å². The molecule has 0 aromatic carbocycles. The van der Waals surface area contributed by atoms with Gasteiger partial charge in [-0.1, -0.05) is 257 Å². The molecule has 78 heavy (non-hydrogen) atoms. The summed E-state index contributed by atoms with van der Waals surface area (Å²) < 4.78 is 16.9. The number of allylic oxidation sites excluding steroid dienone is 22. The van der Waals surface area contributed by atoms with Crippen molar-refractivity contribution in [3.63, 3.8) is 0 Å². The van der Waals surface area contributed by atoms with Crippen molar-refractivity contribution >= 4 is 17.9 Å². The van der Waals surface area contributed by atoms with E-state index >= 15 is 0 Å². The van der Waals surface area contributed by atoms with E-state index in [9.17, 15) is 14.4 Å². The molecule has 0 aliphatic rings. The quantitative estimate of drug-likeness (QED) is 0.0261. The fraction of sp³-hybridized carbons (Fsp3) is 0.653. The largest absolute Gasteiger partial charge is 0.462 e. The van der Waals surface area contributed by atoms with E-state index in [1.807, 2.05) is 0 Å². The molecule has 0 N–H and O–H groups in total. The molecule has 0 aliphatic carbocycles. The molecule has 6 nitrogen and oxygen atoms in total. The van der Waals surface area contributed by atoms with E-state index in [1.54, 1.807) is 0 Å². The zero-order valence-corrected chi connectivity index (χ0v) is 50.6. The van der Waals surface area contributed by atoms with Crippen LogP contribution >= 0.6 is 0 Å². The zero-order valence-electron chi connectivity index (χ0n) is 50.6. The number of unbranched alkanes of at least 4 members (excludes halogenated alkanes) is 24. The summed E-state index contributed by atoms with van der Waals surface area (Å²) >= 11 is 0. The first-order chi connectivity index (χ1) is 38.5. The van der Waals surface area contributed by atoms with Crippen LogP contribution < -0.4 is 0 Å². The van der Waals surface area contributed by atoms with Crippen molar-refractivity contribution in [1.82, 2.24) is 0 Å². The van der Waals surface area contributed by atoms with Crippen molar-refractivity contribution in [2.45, 2.75) is 290 Å². The van der Waals surface area contributed by atoms with Gasteiger partial charge in [0.05, 0.1) is 0 Å². The number of carbonyl (C=O) groups is 3. The highest BCUT2D eigenvalue weighted by Crippen LogP contribution is 2.14. The van der Waals surface area contributed by atoms with Gasteiger partial charge in [-0.3, -0.25) is 14.4 Å². The van der Waals surface area contributed by atoms with Crippen LogP contribution in [0.3, 0.4) is 0 Å². The highest BCUT2D eigenvalue weighted by molar-refractivity contribution is 5.71. The maximum atomic E-state index is 12.9. The first-order valence-corrected chi connectivity index (χ1v) is 32.2. The molecule has 0 spiro atoms. The lowest BCUT2D eigenvalue weighted by molar-refractivity contribution is -0.167. The molecule has 0 saturated carbocycles. The Bertz CT molecular complexity index is 1670. The number of ether oxygens (including phenoxy) is 3. The van der Waals surface area contributed by atoms with Crippen molar-refractivity contribution in [2.75, 3.05) is 13.2 Å². The molecule has 0 saturated heterocycles. The summed E-state index contributed by atoms with van der Waals surface area (Å²) in [6.45, 7) is 6.46. The Hall–Kier alpha value is -4.45. The summed E-state index contributed by atoms with van der Waals surface area (Å²) in [6.07, 6.45) is 91.6. The summed E-state index contributed by atoms with van der Waals surface area (Å²) in [5, 5.41) is 0. The van der Waals surface area contributed by atoms with E-state index in [-0.39, 0.29) is 31.1 Å². The van der Waals surface area contributed by atoms with Gasteiger partial charge in [-0.05, 0) is 141 Å². The number of carbonyl (C=O) groups excluding carboxylic acids is 3. The maximum absolute atomic E-state index is 12.9. The Labute approximate surface area is 481 Å². The Balaban J connectivity index is 4.48. The monoisotopic (exact) mass is 1080 g/mol. The van der Waals surface area contributed by atoms with Crippen LogP contribution in [0.4, 0.5) is 0 Å². The number of rotatable bonds is 57. The van der Waals surface area contributed by atoms with Crippen molar-refractivity contribution < 1.29 is 28.6 Å². The van der Waals surface area contributed by atoms with Crippen molar-refractivity contribution in [1.29, 1.82) is 0 Å². The van der Waals surface area contributed by atoms with Gasteiger partial charge >= 0.3 is 17.9 Å². The first-order valence-electron chi connectivity index (χ1n) is 32.2. The van der Waals surface area contributed by atoms with Crippen LogP contribution in [0.1, 0.15) is 284 Å². The Kier molecular flexibility index (Phi) is 61.4. The van der Waals surface area contributed by atoms with Gasteiger partial charge in [0.25, 0.3) is 0 Å². The second-order valence-corrected chi connectivity index (χ2v) is 20.9. The second-order valence-electron chi connectivity index (χ2n) is 20.9. The molecule has 0 radical (unpaired) electrons. The number of hydrogen-bond acceptors (Lipinski definition) is 6. The van der Waals surface area contributed by atoms with Gasteiger partial charge in [0.2, 0.25) is 0 Å². The fourth-order valence-electron chi connectivity index (χ4n) is 8.54. The smallest absolute Gasteiger partial charge is 0.306 e. The van der Waals surface area contributed by atoms with E-state index in [4.69, 9.17) is 14.2 Å². The average Bonchev–Trinajstić information content (AvgIpc) is 3.44. The SMILES string of the molecule is CC/C=C\C/C=C\C/C=C\C/C=C\C/C=C\C/C=C\C/C=C\C/C=C\CCCCC(=O)OCC(COC(=O)CCCCCCC/C=C\C/C=C\CCCCCC)OC(=O)CCCCCCCCC/C=C\CCCCCCCC. The summed E-state index contributed by atoms with van der Waals surface area (Å²) in [7, 11) is 0. The molecule has 1 atom stereocenters. The highest BCUT2D eigenvalue weighted by atomic mass is 16.6. The molecule has 6 heteroatoms. The Morgan fingerprint density at radius 1 is 0.269 bits per heavy atom. The van der Waals surface area contributed by atoms with Gasteiger partial charge < -0.3 is 14.2 Å². The lowest BCUT2D eigenvalue weighted by Gasteiger charge is -2.18. The summed E-state index contributed by atoms with van der Waals surface area (Å²) in [4.78, 5) is 38.3. The van der Waals surface area contributed by atoms with Crippen molar-refractivity contribution in [2.24, 2.45) is 0 Å². The topological polar surface area (TPSA) is 78.9 Å². The third-order valence-corrected chi connectivity index (χ3v) is 13.4. The first kappa shape index (κ1) is 73.5. The highest BCUT2D eigenvalue weighted by Gasteiger charge is 2.19. The molecule has 0 aliphatic heterocycles. The second kappa shape index (κ2) is 65.1. The van der Waals surface area contributed by atoms with Gasteiger partial charge in [0, 0.05) is 19.3 Å². The molecule has 0 amide bonds.